The number of benzene rings is 10. The van der Waals surface area contributed by atoms with Crippen LogP contribution in [-0.2, 0) is 5.41 Å². The van der Waals surface area contributed by atoms with Crippen LogP contribution < -0.4 is 4.90 Å². The fraction of sp³-hybridized carbons (Fsp3) is 0.0175. The quantitative estimate of drug-likeness (QED) is 0.174. The third kappa shape index (κ3) is 4.40. The SMILES string of the molecule is [2H]c1c([2H])c([2H])c2c(c1[2H])-c1ccc(N(c3ccc4ccccc4c3)c3ccc4c5ccccc5n(-c5ccccc5)c4c3)cc1C21c2ccccc2-c2cccc3cccc1c23. The third-order valence-electron chi connectivity index (χ3n) is 12.8. The minimum absolute atomic E-state index is 0.0134. The Labute approximate surface area is 348 Å². The van der Waals surface area contributed by atoms with Crippen LogP contribution in [0.2, 0.25) is 0 Å². The fourth-order valence-corrected chi connectivity index (χ4v) is 10.5. The predicted molar refractivity (Wildman–Crippen MR) is 247 cm³/mol. The van der Waals surface area contributed by atoms with Crippen molar-refractivity contribution in [3.05, 3.63) is 241 Å². The summed E-state index contributed by atoms with van der Waals surface area (Å²) < 4.78 is 39.7. The molecule has 59 heavy (non-hydrogen) atoms. The van der Waals surface area contributed by atoms with Crippen LogP contribution in [0.4, 0.5) is 17.1 Å². The molecule has 13 rings (SSSR count). The Morgan fingerprint density at radius 1 is 0.390 bits per heavy atom. The van der Waals surface area contributed by atoms with E-state index in [1.54, 1.807) is 0 Å². The van der Waals surface area contributed by atoms with Gasteiger partial charge in [0.05, 0.1) is 21.9 Å². The van der Waals surface area contributed by atoms with E-state index in [0.717, 1.165) is 94.1 Å². The first-order chi connectivity index (χ1) is 30.9. The molecule has 1 unspecified atom stereocenters. The molecule has 10 aromatic carbocycles. The third-order valence-corrected chi connectivity index (χ3v) is 12.8. The van der Waals surface area contributed by atoms with E-state index >= 15 is 0 Å². The lowest BCUT2D eigenvalue weighted by Gasteiger charge is -2.40. The topological polar surface area (TPSA) is 8.17 Å². The molecule has 0 amide bonds. The van der Waals surface area contributed by atoms with Crippen LogP contribution in [0.15, 0.2) is 218 Å². The molecule has 2 aliphatic carbocycles. The molecule has 0 radical (unpaired) electrons. The average molecular weight is 753 g/mol. The van der Waals surface area contributed by atoms with Crippen molar-refractivity contribution in [2.45, 2.75) is 5.41 Å². The molecule has 1 heterocycles. The molecule has 1 aromatic heterocycles. The lowest BCUT2D eigenvalue weighted by atomic mass is 9.61. The van der Waals surface area contributed by atoms with E-state index in [1.807, 2.05) is 0 Å². The largest absolute Gasteiger partial charge is 0.310 e. The van der Waals surface area contributed by atoms with Gasteiger partial charge in [0, 0.05) is 33.5 Å². The molecule has 11 aromatic rings. The van der Waals surface area contributed by atoms with Crippen LogP contribution in [0.1, 0.15) is 27.7 Å². The van der Waals surface area contributed by atoms with Crippen LogP contribution in [0.25, 0.3) is 71.3 Å². The van der Waals surface area contributed by atoms with Crippen LogP contribution in [0.5, 0.6) is 0 Å². The van der Waals surface area contributed by atoms with Gasteiger partial charge in [-0.3, -0.25) is 0 Å². The van der Waals surface area contributed by atoms with Gasteiger partial charge in [-0.25, -0.2) is 0 Å². The van der Waals surface area contributed by atoms with Crippen molar-refractivity contribution in [3.8, 4) is 27.9 Å². The Morgan fingerprint density at radius 3 is 1.97 bits per heavy atom. The van der Waals surface area contributed by atoms with E-state index < -0.39 is 5.41 Å². The zero-order valence-corrected chi connectivity index (χ0v) is 31.9. The first-order valence-electron chi connectivity index (χ1n) is 22.2. The smallest absolute Gasteiger partial charge is 0.0726 e. The van der Waals surface area contributed by atoms with Crippen molar-refractivity contribution in [3.63, 3.8) is 0 Å². The zero-order valence-electron chi connectivity index (χ0n) is 35.9. The highest BCUT2D eigenvalue weighted by Gasteiger charge is 2.50. The molecule has 1 spiro atoms. The molecule has 2 heteroatoms. The van der Waals surface area contributed by atoms with Gasteiger partial charge in [-0.05, 0) is 121 Å². The monoisotopic (exact) mass is 752 g/mol. The van der Waals surface area contributed by atoms with E-state index in [9.17, 15) is 2.74 Å². The first-order valence-corrected chi connectivity index (χ1v) is 20.2. The van der Waals surface area contributed by atoms with Gasteiger partial charge in [-0.15, -0.1) is 0 Å². The number of fused-ring (bicyclic) bond motifs is 13. The van der Waals surface area contributed by atoms with Gasteiger partial charge in [0.1, 0.15) is 0 Å². The minimum Gasteiger partial charge on any atom is -0.310 e. The second-order valence-corrected chi connectivity index (χ2v) is 15.7. The zero-order chi connectivity index (χ0) is 42.1. The number of hydrogen-bond donors (Lipinski definition) is 0. The van der Waals surface area contributed by atoms with E-state index in [-0.39, 0.29) is 24.2 Å². The highest BCUT2D eigenvalue weighted by molar-refractivity contribution is 6.11. The van der Waals surface area contributed by atoms with Gasteiger partial charge < -0.3 is 9.47 Å². The van der Waals surface area contributed by atoms with Gasteiger partial charge in [-0.2, -0.15) is 0 Å². The highest BCUT2D eigenvalue weighted by atomic mass is 15.1. The molecule has 0 bridgehead atoms. The Hall–Kier alpha value is -7.68. The Morgan fingerprint density at radius 2 is 1.03 bits per heavy atom. The summed E-state index contributed by atoms with van der Waals surface area (Å²) in [6, 6.07) is 68.2. The normalized spacial score (nSPS) is 15.8. The molecule has 0 fully saturated rings. The van der Waals surface area contributed by atoms with Crippen molar-refractivity contribution >= 4 is 60.4 Å². The Bertz CT molecular complexity index is 3750. The number of para-hydroxylation sites is 2. The van der Waals surface area contributed by atoms with Gasteiger partial charge in [0.25, 0.3) is 0 Å². The summed E-state index contributed by atoms with van der Waals surface area (Å²) in [6.07, 6.45) is 0. The van der Waals surface area contributed by atoms with Gasteiger partial charge in [-0.1, -0.05) is 164 Å². The summed E-state index contributed by atoms with van der Waals surface area (Å²) in [6.45, 7) is 0. The van der Waals surface area contributed by atoms with Gasteiger partial charge in [0.15, 0.2) is 0 Å². The van der Waals surface area contributed by atoms with Crippen molar-refractivity contribution in [2.24, 2.45) is 0 Å². The summed E-state index contributed by atoms with van der Waals surface area (Å²) in [5.74, 6) is 0. The van der Waals surface area contributed by atoms with Gasteiger partial charge >= 0.3 is 0 Å². The van der Waals surface area contributed by atoms with E-state index in [0.29, 0.717) is 11.1 Å². The van der Waals surface area contributed by atoms with E-state index in [1.165, 1.54) is 5.39 Å². The maximum Gasteiger partial charge on any atom is 0.0726 e. The van der Waals surface area contributed by atoms with E-state index in [4.69, 9.17) is 2.74 Å². The maximum atomic E-state index is 9.76. The molecular weight excluding hydrogens is 713 g/mol. The maximum absolute atomic E-state index is 9.76. The Balaban J connectivity index is 1.15. The number of aromatic nitrogens is 1. The standard InChI is InChI=1S/C57H36N2/c1-2-18-40(19-3-1)59-54-27-11-8-22-47(54)48-33-31-43(36-55(48)59)58(41-29-28-37-14-4-5-15-39(37)34-41)42-30-32-46-44-20-6-9-24-50(44)57(53(46)35-42)51-25-10-7-21-45(51)49-23-12-16-38-17-13-26-52(57)56(38)49/h1-36H/i6D,9D,20D,24D. The second kappa shape index (κ2) is 12.2. The molecule has 0 N–H and O–H groups in total. The minimum atomic E-state index is -1.06. The summed E-state index contributed by atoms with van der Waals surface area (Å²) in [7, 11) is 0. The molecule has 274 valence electrons. The molecular formula is C57H36N2. The fourth-order valence-electron chi connectivity index (χ4n) is 10.5. The lowest BCUT2D eigenvalue weighted by Crippen LogP contribution is -2.32. The summed E-state index contributed by atoms with van der Waals surface area (Å²) in [5, 5.41) is 6.80. The van der Waals surface area contributed by atoms with Crippen LogP contribution in [-0.4, -0.2) is 4.57 Å². The average Bonchev–Trinajstić information content (AvgIpc) is 3.82. The van der Waals surface area contributed by atoms with E-state index in [2.05, 4.69) is 204 Å². The molecule has 0 saturated carbocycles. The first kappa shape index (κ1) is 28.7. The summed E-state index contributed by atoms with van der Waals surface area (Å²) in [4.78, 5) is 2.33. The second-order valence-electron chi connectivity index (χ2n) is 15.7. The number of hydrogen-bond acceptors (Lipinski definition) is 1. The van der Waals surface area contributed by atoms with Crippen LogP contribution in [0, 0.1) is 0 Å². The molecule has 0 saturated heterocycles. The lowest BCUT2D eigenvalue weighted by molar-refractivity contribution is 0.773. The van der Waals surface area contributed by atoms with Crippen molar-refractivity contribution in [1.29, 1.82) is 0 Å². The number of nitrogens with zero attached hydrogens (tertiary/aromatic N) is 2. The number of anilines is 3. The molecule has 2 nitrogen and oxygen atoms in total. The molecule has 2 aliphatic rings. The van der Waals surface area contributed by atoms with Crippen molar-refractivity contribution < 1.29 is 5.48 Å². The van der Waals surface area contributed by atoms with Gasteiger partial charge in [0.2, 0.25) is 0 Å². The highest BCUT2D eigenvalue weighted by Crippen LogP contribution is 2.62. The summed E-state index contributed by atoms with van der Waals surface area (Å²) >= 11 is 0. The van der Waals surface area contributed by atoms with Crippen LogP contribution in [0.3, 0.4) is 0 Å². The number of rotatable bonds is 4. The van der Waals surface area contributed by atoms with Crippen LogP contribution >= 0.6 is 0 Å². The summed E-state index contributed by atoms with van der Waals surface area (Å²) in [5.41, 5.74) is 12.2. The molecule has 0 aliphatic heterocycles. The van der Waals surface area contributed by atoms with Crippen molar-refractivity contribution in [1.82, 2.24) is 4.57 Å². The molecule has 1 atom stereocenters. The van der Waals surface area contributed by atoms with Crippen molar-refractivity contribution in [2.75, 3.05) is 4.90 Å². The predicted octanol–water partition coefficient (Wildman–Crippen LogP) is 14.9. The Kier molecular flexibility index (Phi) is 5.91.